The highest BCUT2D eigenvalue weighted by atomic mass is 35.5. The molecule has 1 aliphatic heterocycles. The molecule has 0 bridgehead atoms. The molecular weight excluding hydrogens is 651 g/mol. The Hall–Kier alpha value is -4.43. The smallest absolute Gasteiger partial charge is 0.338 e. The van der Waals surface area contributed by atoms with E-state index >= 15 is 0 Å². The van der Waals surface area contributed by atoms with E-state index in [0.717, 1.165) is 27.8 Å². The average Bonchev–Trinajstić information content (AvgIpc) is 3.39. The van der Waals surface area contributed by atoms with Crippen molar-refractivity contribution in [3.8, 4) is 5.75 Å². The quantitative estimate of drug-likeness (QED) is 0.148. The summed E-state index contributed by atoms with van der Waals surface area (Å²) in [5.74, 6) is 0.503. The maximum absolute atomic E-state index is 14.2. The number of thiazole rings is 1. The van der Waals surface area contributed by atoms with Crippen LogP contribution in [0, 0.1) is 0 Å². The van der Waals surface area contributed by atoms with Crippen molar-refractivity contribution in [2.24, 2.45) is 4.99 Å². The van der Waals surface area contributed by atoms with Crippen molar-refractivity contribution in [3.05, 3.63) is 160 Å². The lowest BCUT2D eigenvalue weighted by Gasteiger charge is -2.26. The van der Waals surface area contributed by atoms with Crippen LogP contribution in [0.15, 0.2) is 112 Å². The number of hydrogen-bond donors (Lipinski definition) is 0. The number of ether oxygens (including phenoxy) is 2. The van der Waals surface area contributed by atoms with Gasteiger partial charge in [-0.15, -0.1) is 0 Å². The van der Waals surface area contributed by atoms with Crippen molar-refractivity contribution in [2.75, 3.05) is 6.61 Å². The van der Waals surface area contributed by atoms with E-state index < -0.39 is 12.0 Å². The van der Waals surface area contributed by atoms with Crippen LogP contribution in [0.4, 0.5) is 0 Å². The molecule has 238 valence electrons. The van der Waals surface area contributed by atoms with Gasteiger partial charge in [0.2, 0.25) is 0 Å². The highest BCUT2D eigenvalue weighted by Crippen LogP contribution is 2.35. The van der Waals surface area contributed by atoms with Gasteiger partial charge in [0.25, 0.3) is 5.56 Å². The molecule has 1 atom stereocenters. The fourth-order valence-electron chi connectivity index (χ4n) is 5.43. The van der Waals surface area contributed by atoms with Crippen LogP contribution in [-0.2, 0) is 16.1 Å². The summed E-state index contributed by atoms with van der Waals surface area (Å²) in [4.78, 5) is 33.3. The van der Waals surface area contributed by atoms with Gasteiger partial charge in [-0.2, -0.15) is 0 Å². The van der Waals surface area contributed by atoms with Gasteiger partial charge in [-0.05, 0) is 65.4 Å². The Morgan fingerprint density at radius 2 is 1.68 bits per heavy atom. The van der Waals surface area contributed by atoms with Gasteiger partial charge in [0, 0.05) is 5.56 Å². The fourth-order valence-corrected chi connectivity index (χ4v) is 6.75. The average molecular weight is 684 g/mol. The van der Waals surface area contributed by atoms with Crippen LogP contribution in [0.1, 0.15) is 60.5 Å². The first-order chi connectivity index (χ1) is 22.7. The topological polar surface area (TPSA) is 69.9 Å². The minimum absolute atomic E-state index is 0.195. The summed E-state index contributed by atoms with van der Waals surface area (Å²) in [7, 11) is 0. The summed E-state index contributed by atoms with van der Waals surface area (Å²) in [5.41, 5.74) is 5.05. The number of benzene rings is 4. The van der Waals surface area contributed by atoms with Crippen molar-refractivity contribution in [1.29, 1.82) is 0 Å². The first-order valence-electron chi connectivity index (χ1n) is 15.3. The van der Waals surface area contributed by atoms with Crippen molar-refractivity contribution >= 4 is 52.3 Å². The lowest BCUT2D eigenvalue weighted by molar-refractivity contribution is -0.138. The van der Waals surface area contributed by atoms with E-state index in [-0.39, 0.29) is 12.2 Å². The molecule has 0 N–H and O–H groups in total. The maximum Gasteiger partial charge on any atom is 0.338 e. The van der Waals surface area contributed by atoms with Crippen LogP contribution in [0.3, 0.4) is 0 Å². The third-order valence-electron chi connectivity index (χ3n) is 7.86. The van der Waals surface area contributed by atoms with Crippen LogP contribution in [0.5, 0.6) is 5.75 Å². The molecular formula is C38H32Cl2N2O4S. The van der Waals surface area contributed by atoms with Gasteiger partial charge in [-0.1, -0.05) is 121 Å². The second kappa shape index (κ2) is 14.1. The highest BCUT2D eigenvalue weighted by Gasteiger charge is 2.35. The Morgan fingerprint density at radius 3 is 2.34 bits per heavy atom. The lowest BCUT2D eigenvalue weighted by atomic mass is 9.91. The molecule has 6 rings (SSSR count). The predicted molar refractivity (Wildman–Crippen MR) is 189 cm³/mol. The minimum Gasteiger partial charge on any atom is -0.489 e. The zero-order chi connectivity index (χ0) is 33.1. The van der Waals surface area contributed by atoms with Crippen molar-refractivity contribution in [3.63, 3.8) is 0 Å². The molecule has 1 aromatic heterocycles. The van der Waals surface area contributed by atoms with Crippen LogP contribution in [0.2, 0.25) is 10.0 Å². The number of halogens is 2. The number of hydrogen-bond acceptors (Lipinski definition) is 6. The van der Waals surface area contributed by atoms with E-state index in [4.69, 9.17) is 37.7 Å². The molecule has 0 unspecified atom stereocenters. The maximum atomic E-state index is 14.2. The number of aromatic nitrogens is 1. The summed E-state index contributed by atoms with van der Waals surface area (Å²) >= 11 is 13.4. The van der Waals surface area contributed by atoms with Gasteiger partial charge in [-0.3, -0.25) is 9.36 Å². The fraction of sp³-hybridized carbons (Fsp3) is 0.184. The first kappa shape index (κ1) is 32.5. The van der Waals surface area contributed by atoms with Crippen LogP contribution in [0.25, 0.3) is 11.8 Å². The Bertz CT molecular complexity index is 2140. The first-order valence-corrected chi connectivity index (χ1v) is 16.9. The Labute approximate surface area is 286 Å². The molecule has 5 aromatic rings. The van der Waals surface area contributed by atoms with Gasteiger partial charge in [0.15, 0.2) is 4.80 Å². The van der Waals surface area contributed by atoms with E-state index in [9.17, 15) is 9.59 Å². The molecule has 2 heterocycles. The molecule has 9 heteroatoms. The van der Waals surface area contributed by atoms with E-state index in [1.54, 1.807) is 23.6 Å². The number of carbonyl (C=O) groups excluding carboxylic acids is 1. The van der Waals surface area contributed by atoms with Crippen molar-refractivity contribution in [1.82, 2.24) is 4.57 Å². The van der Waals surface area contributed by atoms with Gasteiger partial charge in [0.1, 0.15) is 12.4 Å². The second-order valence-corrected chi connectivity index (χ2v) is 13.2. The predicted octanol–water partition coefficient (Wildman–Crippen LogP) is 7.94. The number of carbonyl (C=O) groups is 1. The van der Waals surface area contributed by atoms with E-state index in [1.807, 2.05) is 91.0 Å². The molecule has 1 aliphatic rings. The van der Waals surface area contributed by atoms with Crippen molar-refractivity contribution < 1.29 is 14.3 Å². The minimum atomic E-state index is -0.721. The van der Waals surface area contributed by atoms with Crippen molar-refractivity contribution in [2.45, 2.75) is 39.3 Å². The monoisotopic (exact) mass is 682 g/mol. The zero-order valence-electron chi connectivity index (χ0n) is 26.1. The van der Waals surface area contributed by atoms with Crippen LogP contribution < -0.4 is 19.6 Å². The van der Waals surface area contributed by atoms with Gasteiger partial charge in [-0.25, -0.2) is 9.79 Å². The molecule has 6 nitrogen and oxygen atoms in total. The molecule has 0 saturated carbocycles. The molecule has 47 heavy (non-hydrogen) atoms. The molecule has 0 aliphatic carbocycles. The zero-order valence-corrected chi connectivity index (χ0v) is 28.4. The SMILES string of the molecule is CCOC(=O)C1=C(c2ccccc2)N=c2s/c(=C/c3ccc(OCc4ccc(Cl)c(Cl)c4)cc3)c(=O)n2[C@H]1c1ccc(C(C)C)cc1. The van der Waals surface area contributed by atoms with Gasteiger partial charge < -0.3 is 9.47 Å². The summed E-state index contributed by atoms with van der Waals surface area (Å²) in [5, 5.41) is 0.971. The highest BCUT2D eigenvalue weighted by molar-refractivity contribution is 7.07. The number of rotatable bonds is 9. The third-order valence-corrected chi connectivity index (χ3v) is 9.58. The summed E-state index contributed by atoms with van der Waals surface area (Å²) in [6.07, 6.45) is 1.84. The molecule has 0 spiro atoms. The number of esters is 1. The molecule has 0 amide bonds. The number of nitrogens with zero attached hydrogens (tertiary/aromatic N) is 2. The normalized spacial score (nSPS) is 14.6. The molecule has 4 aromatic carbocycles. The van der Waals surface area contributed by atoms with Gasteiger partial charge >= 0.3 is 5.97 Å². The van der Waals surface area contributed by atoms with Crippen LogP contribution >= 0.6 is 34.5 Å². The summed E-state index contributed by atoms with van der Waals surface area (Å²) in [6.45, 7) is 6.56. The standard InChI is InChI=1S/C38H32Cl2N2O4S/c1-4-45-37(44)33-34(27-8-6-5-7-9-27)41-38-42(35(33)28-15-13-26(14-16-28)23(2)3)36(43)32(47-38)21-24-10-17-29(18-11-24)46-22-25-12-19-30(39)31(40)20-25/h5-21,23,35H,4,22H2,1-3H3/b32-21+/t35-/m0/s1. The Kier molecular flexibility index (Phi) is 9.78. The second-order valence-electron chi connectivity index (χ2n) is 11.4. The summed E-state index contributed by atoms with van der Waals surface area (Å²) < 4.78 is 13.6. The molecule has 0 fully saturated rings. The van der Waals surface area contributed by atoms with E-state index in [0.29, 0.717) is 48.9 Å². The largest absolute Gasteiger partial charge is 0.489 e. The number of fused-ring (bicyclic) bond motifs is 1. The Balaban J connectivity index is 1.42. The van der Waals surface area contributed by atoms with E-state index in [1.165, 1.54) is 11.3 Å². The van der Waals surface area contributed by atoms with E-state index in [2.05, 4.69) is 13.8 Å². The summed E-state index contributed by atoms with van der Waals surface area (Å²) in [6, 6.07) is 29.8. The molecule has 0 radical (unpaired) electrons. The third kappa shape index (κ3) is 6.98. The Morgan fingerprint density at radius 1 is 0.957 bits per heavy atom. The lowest BCUT2D eigenvalue weighted by Crippen LogP contribution is -2.40. The van der Waals surface area contributed by atoms with Crippen LogP contribution in [-0.4, -0.2) is 17.1 Å². The van der Waals surface area contributed by atoms with Gasteiger partial charge in [0.05, 0.1) is 38.5 Å². The molecule has 0 saturated heterocycles.